The molecule has 1 saturated heterocycles. The van der Waals surface area contributed by atoms with Crippen molar-refractivity contribution < 1.29 is 19.0 Å². The first kappa shape index (κ1) is 11.5. The maximum atomic E-state index is 13.6. The summed E-state index contributed by atoms with van der Waals surface area (Å²) in [6, 6.07) is 6.38. The SMILES string of the molecule is CC1(C)OC(CO)C(c2ccccc2F)O1. The molecule has 2 unspecified atom stereocenters. The van der Waals surface area contributed by atoms with E-state index in [-0.39, 0.29) is 12.4 Å². The van der Waals surface area contributed by atoms with Gasteiger partial charge in [0.2, 0.25) is 0 Å². The molecule has 0 aliphatic carbocycles. The number of ether oxygens (including phenoxy) is 2. The number of benzene rings is 1. The van der Waals surface area contributed by atoms with Gasteiger partial charge in [0.1, 0.15) is 18.0 Å². The standard InChI is InChI=1S/C12H15FO3/c1-12(2)15-10(7-14)11(16-12)8-5-3-4-6-9(8)13/h3-6,10-11,14H,7H2,1-2H3. The summed E-state index contributed by atoms with van der Waals surface area (Å²) >= 11 is 0. The normalized spacial score (nSPS) is 28.2. The van der Waals surface area contributed by atoms with E-state index < -0.39 is 18.0 Å². The third-order valence-corrected chi connectivity index (χ3v) is 2.58. The molecule has 1 aliphatic rings. The summed E-state index contributed by atoms with van der Waals surface area (Å²) in [7, 11) is 0. The van der Waals surface area contributed by atoms with Gasteiger partial charge in [-0.15, -0.1) is 0 Å². The van der Waals surface area contributed by atoms with Crippen molar-refractivity contribution in [2.45, 2.75) is 31.8 Å². The lowest BCUT2D eigenvalue weighted by molar-refractivity contribution is -0.149. The van der Waals surface area contributed by atoms with Crippen molar-refractivity contribution in [1.29, 1.82) is 0 Å². The van der Waals surface area contributed by atoms with E-state index in [0.29, 0.717) is 5.56 Å². The van der Waals surface area contributed by atoms with Crippen molar-refractivity contribution in [2.75, 3.05) is 6.61 Å². The number of rotatable bonds is 2. The summed E-state index contributed by atoms with van der Waals surface area (Å²) < 4.78 is 24.7. The first-order valence-electron chi connectivity index (χ1n) is 5.24. The molecule has 4 heteroatoms. The molecular weight excluding hydrogens is 211 g/mol. The number of hydrogen-bond acceptors (Lipinski definition) is 3. The molecule has 1 aromatic carbocycles. The maximum Gasteiger partial charge on any atom is 0.164 e. The van der Waals surface area contributed by atoms with E-state index in [0.717, 1.165) is 0 Å². The highest BCUT2D eigenvalue weighted by Gasteiger charge is 2.42. The molecule has 1 heterocycles. The number of halogens is 1. The molecule has 2 rings (SSSR count). The molecule has 88 valence electrons. The van der Waals surface area contributed by atoms with E-state index in [4.69, 9.17) is 9.47 Å². The fraction of sp³-hybridized carbons (Fsp3) is 0.500. The Morgan fingerprint density at radius 1 is 1.31 bits per heavy atom. The molecule has 0 saturated carbocycles. The summed E-state index contributed by atoms with van der Waals surface area (Å²) in [5.74, 6) is -1.13. The van der Waals surface area contributed by atoms with Gasteiger partial charge in [0.05, 0.1) is 6.61 Å². The second kappa shape index (κ2) is 4.13. The second-order valence-corrected chi connectivity index (χ2v) is 4.30. The lowest BCUT2D eigenvalue weighted by Gasteiger charge is -2.17. The Kier molecular flexibility index (Phi) is 2.97. The van der Waals surface area contributed by atoms with Crippen LogP contribution in [0.5, 0.6) is 0 Å². The van der Waals surface area contributed by atoms with Crippen LogP contribution in [0.4, 0.5) is 4.39 Å². The predicted molar refractivity (Wildman–Crippen MR) is 56.3 cm³/mol. The van der Waals surface area contributed by atoms with Crippen LogP contribution in [0.2, 0.25) is 0 Å². The minimum absolute atomic E-state index is 0.192. The van der Waals surface area contributed by atoms with E-state index in [1.807, 2.05) is 0 Å². The minimum Gasteiger partial charge on any atom is -0.394 e. The quantitative estimate of drug-likeness (QED) is 0.838. The molecule has 2 atom stereocenters. The van der Waals surface area contributed by atoms with Gasteiger partial charge in [-0.25, -0.2) is 4.39 Å². The van der Waals surface area contributed by atoms with Gasteiger partial charge >= 0.3 is 0 Å². The second-order valence-electron chi connectivity index (χ2n) is 4.30. The highest BCUT2D eigenvalue weighted by Crippen LogP contribution is 2.38. The number of aliphatic hydroxyl groups is 1. The number of hydrogen-bond donors (Lipinski definition) is 1. The van der Waals surface area contributed by atoms with E-state index in [1.54, 1.807) is 32.0 Å². The summed E-state index contributed by atoms with van der Waals surface area (Å²) in [6.07, 6.45) is -1.08. The zero-order valence-corrected chi connectivity index (χ0v) is 9.31. The van der Waals surface area contributed by atoms with Gasteiger partial charge in [-0.3, -0.25) is 0 Å². The highest BCUT2D eigenvalue weighted by molar-refractivity contribution is 5.22. The smallest absolute Gasteiger partial charge is 0.164 e. The molecule has 0 spiro atoms. The van der Waals surface area contributed by atoms with Gasteiger partial charge in [0.15, 0.2) is 5.79 Å². The van der Waals surface area contributed by atoms with E-state index in [2.05, 4.69) is 0 Å². The molecule has 3 nitrogen and oxygen atoms in total. The zero-order chi connectivity index (χ0) is 11.8. The Hall–Kier alpha value is -0.970. The van der Waals surface area contributed by atoms with Crippen molar-refractivity contribution in [3.63, 3.8) is 0 Å². The summed E-state index contributed by atoms with van der Waals surface area (Å²) in [5.41, 5.74) is 0.423. The fourth-order valence-electron chi connectivity index (χ4n) is 1.94. The molecule has 1 fully saturated rings. The van der Waals surface area contributed by atoms with Crippen LogP contribution in [0, 0.1) is 5.82 Å². The average Bonchev–Trinajstić information content (AvgIpc) is 2.54. The van der Waals surface area contributed by atoms with Crippen molar-refractivity contribution in [2.24, 2.45) is 0 Å². The van der Waals surface area contributed by atoms with Crippen molar-refractivity contribution in [3.8, 4) is 0 Å². The van der Waals surface area contributed by atoms with Crippen LogP contribution in [-0.2, 0) is 9.47 Å². The third kappa shape index (κ3) is 2.09. The van der Waals surface area contributed by atoms with Crippen LogP contribution in [-0.4, -0.2) is 23.6 Å². The lowest BCUT2D eigenvalue weighted by atomic mass is 10.0. The molecule has 0 radical (unpaired) electrons. The van der Waals surface area contributed by atoms with Crippen molar-refractivity contribution in [1.82, 2.24) is 0 Å². The van der Waals surface area contributed by atoms with Gasteiger partial charge in [0, 0.05) is 5.56 Å². The van der Waals surface area contributed by atoms with Gasteiger partial charge in [-0.1, -0.05) is 18.2 Å². The van der Waals surface area contributed by atoms with Gasteiger partial charge in [-0.05, 0) is 19.9 Å². The zero-order valence-electron chi connectivity index (χ0n) is 9.31. The molecule has 1 N–H and O–H groups in total. The topological polar surface area (TPSA) is 38.7 Å². The molecule has 16 heavy (non-hydrogen) atoms. The minimum atomic E-state index is -0.791. The van der Waals surface area contributed by atoms with E-state index in [9.17, 15) is 9.50 Å². The Morgan fingerprint density at radius 3 is 2.62 bits per heavy atom. The molecular formula is C12H15FO3. The largest absolute Gasteiger partial charge is 0.394 e. The maximum absolute atomic E-state index is 13.6. The summed E-state index contributed by atoms with van der Waals surface area (Å²) in [4.78, 5) is 0. The van der Waals surface area contributed by atoms with Crippen LogP contribution in [0.3, 0.4) is 0 Å². The third-order valence-electron chi connectivity index (χ3n) is 2.58. The van der Waals surface area contributed by atoms with Gasteiger partial charge in [-0.2, -0.15) is 0 Å². The van der Waals surface area contributed by atoms with E-state index >= 15 is 0 Å². The molecule has 0 aromatic heterocycles. The average molecular weight is 226 g/mol. The molecule has 1 aromatic rings. The van der Waals surface area contributed by atoms with Crippen LogP contribution >= 0.6 is 0 Å². The Labute approximate surface area is 93.8 Å². The molecule has 0 amide bonds. The Bertz CT molecular complexity index is 378. The van der Waals surface area contributed by atoms with Crippen molar-refractivity contribution >= 4 is 0 Å². The molecule has 1 aliphatic heterocycles. The number of aliphatic hydroxyl groups excluding tert-OH is 1. The predicted octanol–water partition coefficient (Wildman–Crippen LogP) is 2.01. The highest BCUT2D eigenvalue weighted by atomic mass is 19.1. The lowest BCUT2D eigenvalue weighted by Crippen LogP contribution is -2.23. The molecule has 0 bridgehead atoms. The van der Waals surface area contributed by atoms with Gasteiger partial charge in [0.25, 0.3) is 0 Å². The van der Waals surface area contributed by atoms with Crippen LogP contribution in [0.25, 0.3) is 0 Å². The van der Waals surface area contributed by atoms with Crippen LogP contribution in [0.1, 0.15) is 25.5 Å². The summed E-state index contributed by atoms with van der Waals surface area (Å²) in [5, 5.41) is 9.19. The Morgan fingerprint density at radius 2 is 2.00 bits per heavy atom. The monoisotopic (exact) mass is 226 g/mol. The van der Waals surface area contributed by atoms with Crippen LogP contribution in [0.15, 0.2) is 24.3 Å². The van der Waals surface area contributed by atoms with Crippen molar-refractivity contribution in [3.05, 3.63) is 35.6 Å². The Balaban J connectivity index is 2.30. The van der Waals surface area contributed by atoms with E-state index in [1.165, 1.54) is 6.07 Å². The van der Waals surface area contributed by atoms with Gasteiger partial charge < -0.3 is 14.6 Å². The van der Waals surface area contributed by atoms with Crippen LogP contribution < -0.4 is 0 Å². The fourth-order valence-corrected chi connectivity index (χ4v) is 1.94. The summed E-state index contributed by atoms with van der Waals surface area (Å²) in [6.45, 7) is 3.30. The first-order chi connectivity index (χ1) is 7.53. The first-order valence-corrected chi connectivity index (χ1v) is 5.24.